The summed E-state index contributed by atoms with van der Waals surface area (Å²) < 4.78 is 0. The molecule has 0 aliphatic rings. The molecule has 0 bridgehead atoms. The molecule has 2 rings (SSSR count). The third-order valence-electron chi connectivity index (χ3n) is 1.81. The Hall–Kier alpha value is -2.04. The minimum absolute atomic E-state index is 0.0506. The van der Waals surface area contributed by atoms with E-state index in [4.69, 9.17) is 0 Å². The predicted molar refractivity (Wildman–Crippen MR) is 49.2 cm³/mol. The summed E-state index contributed by atoms with van der Waals surface area (Å²) in [6, 6.07) is 1.71. The molecule has 2 aromatic rings. The topological polar surface area (TPSA) is 60.7 Å². The smallest absolute Gasteiger partial charge is 0.163 e. The molecule has 0 aliphatic heterocycles. The van der Waals surface area contributed by atoms with Gasteiger partial charge in [0, 0.05) is 12.4 Å². The van der Waals surface area contributed by atoms with Crippen molar-refractivity contribution in [2.45, 2.75) is 6.92 Å². The van der Waals surface area contributed by atoms with E-state index in [2.05, 4.69) is 15.2 Å². The molecule has 0 spiro atoms. The van der Waals surface area contributed by atoms with Gasteiger partial charge in [0.15, 0.2) is 5.78 Å². The van der Waals surface area contributed by atoms with E-state index in [-0.39, 0.29) is 5.78 Å². The fraction of sp³-hybridized carbons (Fsp3) is 0.111. The summed E-state index contributed by atoms with van der Waals surface area (Å²) in [5.41, 5.74) is 1.17. The summed E-state index contributed by atoms with van der Waals surface area (Å²) in [6.45, 7) is 1.49. The van der Waals surface area contributed by atoms with Crippen LogP contribution in [0.2, 0.25) is 0 Å². The van der Waals surface area contributed by atoms with Crippen LogP contribution in [0.4, 0.5) is 0 Å². The van der Waals surface area contributed by atoms with E-state index in [1.165, 1.54) is 17.9 Å². The second kappa shape index (κ2) is 3.37. The largest absolute Gasteiger partial charge is 0.294 e. The van der Waals surface area contributed by atoms with Gasteiger partial charge in [-0.2, -0.15) is 15.0 Å². The van der Waals surface area contributed by atoms with Crippen molar-refractivity contribution in [2.75, 3.05) is 0 Å². The number of hydrogen-bond acceptors (Lipinski definition) is 4. The van der Waals surface area contributed by atoms with Crippen LogP contribution in [-0.4, -0.2) is 25.8 Å². The van der Waals surface area contributed by atoms with E-state index in [1.807, 2.05) is 0 Å². The third kappa shape index (κ3) is 1.39. The van der Waals surface area contributed by atoms with Crippen molar-refractivity contribution >= 4 is 5.78 Å². The Labute approximate surface area is 80.4 Å². The van der Waals surface area contributed by atoms with Gasteiger partial charge >= 0.3 is 0 Å². The number of aromatic nitrogens is 4. The number of pyridine rings is 1. The second-order valence-corrected chi connectivity index (χ2v) is 2.77. The molecule has 14 heavy (non-hydrogen) atoms. The van der Waals surface area contributed by atoms with Gasteiger partial charge in [-0.1, -0.05) is 0 Å². The zero-order valence-electron chi connectivity index (χ0n) is 7.58. The fourth-order valence-electron chi connectivity index (χ4n) is 1.17. The van der Waals surface area contributed by atoms with Gasteiger partial charge in [0.25, 0.3) is 0 Å². The SMILES string of the molecule is CC(=O)c1cnccc1-n1nccn1. The first-order chi connectivity index (χ1) is 6.79. The van der Waals surface area contributed by atoms with Crippen molar-refractivity contribution in [1.29, 1.82) is 0 Å². The summed E-state index contributed by atoms with van der Waals surface area (Å²) in [5, 5.41) is 7.91. The van der Waals surface area contributed by atoms with Crippen LogP contribution in [-0.2, 0) is 0 Å². The quantitative estimate of drug-likeness (QED) is 0.656. The minimum Gasteiger partial charge on any atom is -0.294 e. The summed E-state index contributed by atoms with van der Waals surface area (Å²) in [4.78, 5) is 16.5. The summed E-state index contributed by atoms with van der Waals surface area (Å²) >= 11 is 0. The van der Waals surface area contributed by atoms with Gasteiger partial charge in [-0.3, -0.25) is 9.78 Å². The zero-order valence-corrected chi connectivity index (χ0v) is 7.58. The molecule has 70 valence electrons. The van der Waals surface area contributed by atoms with Crippen LogP contribution in [0.5, 0.6) is 0 Å². The number of carbonyl (C=O) groups excluding carboxylic acids is 1. The first kappa shape index (κ1) is 8.55. The Balaban J connectivity index is 2.58. The fourth-order valence-corrected chi connectivity index (χ4v) is 1.17. The monoisotopic (exact) mass is 188 g/mol. The molecule has 0 aliphatic carbocycles. The van der Waals surface area contributed by atoms with Crippen LogP contribution in [0.15, 0.2) is 30.9 Å². The van der Waals surface area contributed by atoms with E-state index in [0.29, 0.717) is 11.3 Å². The van der Waals surface area contributed by atoms with Crippen LogP contribution in [0.1, 0.15) is 17.3 Å². The zero-order chi connectivity index (χ0) is 9.97. The molecule has 5 nitrogen and oxygen atoms in total. The van der Waals surface area contributed by atoms with Gasteiger partial charge in [-0.15, -0.1) is 0 Å². The number of Topliss-reactive ketones (excluding diaryl/α,β-unsaturated/α-hetero) is 1. The molecule has 0 atom stereocenters. The van der Waals surface area contributed by atoms with Crippen molar-refractivity contribution in [3.05, 3.63) is 36.4 Å². The highest BCUT2D eigenvalue weighted by Crippen LogP contribution is 2.10. The van der Waals surface area contributed by atoms with Crippen molar-refractivity contribution in [2.24, 2.45) is 0 Å². The normalized spacial score (nSPS) is 10.1. The van der Waals surface area contributed by atoms with Gasteiger partial charge in [0.2, 0.25) is 0 Å². The molecule has 0 unspecified atom stereocenters. The van der Waals surface area contributed by atoms with E-state index in [9.17, 15) is 4.79 Å². The standard InChI is InChI=1S/C9H8N4O/c1-7(14)8-6-10-3-2-9(8)13-11-4-5-12-13/h2-6H,1H3. The number of carbonyl (C=O) groups is 1. The maximum Gasteiger partial charge on any atom is 0.163 e. The van der Waals surface area contributed by atoms with Crippen LogP contribution in [0, 0.1) is 0 Å². The maximum atomic E-state index is 11.3. The maximum absolute atomic E-state index is 11.3. The molecule has 0 fully saturated rings. The average molecular weight is 188 g/mol. The lowest BCUT2D eigenvalue weighted by Gasteiger charge is -2.03. The average Bonchev–Trinajstić information content (AvgIpc) is 2.70. The van der Waals surface area contributed by atoms with Crippen LogP contribution in [0.3, 0.4) is 0 Å². The van der Waals surface area contributed by atoms with Crippen molar-refractivity contribution in [1.82, 2.24) is 20.0 Å². The molecule has 0 N–H and O–H groups in total. The highest BCUT2D eigenvalue weighted by atomic mass is 16.1. The van der Waals surface area contributed by atoms with E-state index < -0.39 is 0 Å². The molecule has 5 heteroatoms. The number of rotatable bonds is 2. The lowest BCUT2D eigenvalue weighted by Crippen LogP contribution is -2.06. The molecule has 0 saturated carbocycles. The molecule has 0 aromatic carbocycles. The Bertz CT molecular complexity index is 450. The minimum atomic E-state index is -0.0506. The van der Waals surface area contributed by atoms with Gasteiger partial charge in [0.1, 0.15) is 0 Å². The lowest BCUT2D eigenvalue weighted by atomic mass is 10.2. The van der Waals surface area contributed by atoms with E-state index >= 15 is 0 Å². The summed E-state index contributed by atoms with van der Waals surface area (Å²) in [6.07, 6.45) is 6.24. The molecular formula is C9H8N4O. The van der Waals surface area contributed by atoms with E-state index in [0.717, 1.165) is 0 Å². The van der Waals surface area contributed by atoms with Crippen LogP contribution < -0.4 is 0 Å². The first-order valence-electron chi connectivity index (χ1n) is 4.10. The van der Waals surface area contributed by atoms with Gasteiger partial charge in [0.05, 0.1) is 23.6 Å². The lowest BCUT2D eigenvalue weighted by molar-refractivity contribution is 0.101. The highest BCUT2D eigenvalue weighted by molar-refractivity contribution is 5.97. The van der Waals surface area contributed by atoms with Crippen LogP contribution in [0.25, 0.3) is 5.69 Å². The number of nitrogens with zero attached hydrogens (tertiary/aromatic N) is 4. The van der Waals surface area contributed by atoms with Gasteiger partial charge in [-0.25, -0.2) is 0 Å². The van der Waals surface area contributed by atoms with Crippen LogP contribution >= 0.6 is 0 Å². The summed E-state index contributed by atoms with van der Waals surface area (Å²) in [5.74, 6) is -0.0506. The predicted octanol–water partition coefficient (Wildman–Crippen LogP) is 0.865. The molecule has 0 radical (unpaired) electrons. The Kier molecular flexibility index (Phi) is 2.06. The molecule has 2 aromatic heterocycles. The van der Waals surface area contributed by atoms with E-state index in [1.54, 1.807) is 24.7 Å². The van der Waals surface area contributed by atoms with Crippen molar-refractivity contribution in [3.8, 4) is 5.69 Å². The molecule has 0 saturated heterocycles. The third-order valence-corrected chi connectivity index (χ3v) is 1.81. The van der Waals surface area contributed by atoms with Crippen molar-refractivity contribution < 1.29 is 4.79 Å². The second-order valence-electron chi connectivity index (χ2n) is 2.77. The summed E-state index contributed by atoms with van der Waals surface area (Å²) in [7, 11) is 0. The van der Waals surface area contributed by atoms with Gasteiger partial charge in [-0.05, 0) is 13.0 Å². The molecular weight excluding hydrogens is 180 g/mol. The number of ketones is 1. The van der Waals surface area contributed by atoms with Gasteiger partial charge < -0.3 is 0 Å². The van der Waals surface area contributed by atoms with Crippen molar-refractivity contribution in [3.63, 3.8) is 0 Å². The Morgan fingerprint density at radius 1 is 1.29 bits per heavy atom. The highest BCUT2D eigenvalue weighted by Gasteiger charge is 2.09. The Morgan fingerprint density at radius 2 is 2.00 bits per heavy atom. The first-order valence-corrected chi connectivity index (χ1v) is 4.10. The Morgan fingerprint density at radius 3 is 2.64 bits per heavy atom. The molecule has 0 amide bonds. The molecule has 2 heterocycles. The number of hydrogen-bond donors (Lipinski definition) is 0.